The van der Waals surface area contributed by atoms with Gasteiger partial charge in [0.1, 0.15) is 5.82 Å². The Morgan fingerprint density at radius 2 is 1.92 bits per heavy atom. The number of rotatable bonds is 3. The molecule has 2 heterocycles. The highest BCUT2D eigenvalue weighted by atomic mass is 16.2. The molecule has 2 saturated carbocycles. The van der Waals surface area contributed by atoms with Crippen molar-refractivity contribution in [2.75, 3.05) is 5.32 Å². The van der Waals surface area contributed by atoms with Gasteiger partial charge in [-0.2, -0.15) is 5.10 Å². The zero-order valence-corrected chi connectivity index (χ0v) is 14.8. The first kappa shape index (κ1) is 16.1. The second-order valence-corrected chi connectivity index (χ2v) is 8.01. The highest BCUT2D eigenvalue weighted by Gasteiger charge is 2.38. The lowest BCUT2D eigenvalue weighted by Crippen LogP contribution is -2.40. The first-order chi connectivity index (χ1) is 11.7. The van der Waals surface area contributed by atoms with Crippen LogP contribution < -0.4 is 10.6 Å². The summed E-state index contributed by atoms with van der Waals surface area (Å²) in [5.41, 5.74) is 1.15. The number of aromatic nitrogens is 2. The lowest BCUT2D eigenvalue weighted by atomic mass is 9.85. The molecule has 3 atom stereocenters. The van der Waals surface area contributed by atoms with Crippen LogP contribution in [0.3, 0.4) is 0 Å². The van der Waals surface area contributed by atoms with Crippen LogP contribution in [0.25, 0.3) is 0 Å². The number of nitrogens with zero attached hydrogens (tertiary/aromatic N) is 2. The molecule has 1 amide bonds. The molecule has 1 aromatic rings. The molecule has 0 spiro atoms. The van der Waals surface area contributed by atoms with Gasteiger partial charge in [0.05, 0.1) is 11.7 Å². The largest absolute Gasteiger partial charge is 0.310 e. The second kappa shape index (κ2) is 6.87. The Hall–Kier alpha value is -1.36. The minimum Gasteiger partial charge on any atom is -0.310 e. The SMILES string of the molecule is Cn1nc(C2CCCCC2)cc1NC(=O)C1CC2CCCCC2N1. The highest BCUT2D eigenvalue weighted by molar-refractivity contribution is 5.94. The molecule has 3 fully saturated rings. The molecule has 3 aliphatic rings. The van der Waals surface area contributed by atoms with Crippen molar-refractivity contribution >= 4 is 11.7 Å². The summed E-state index contributed by atoms with van der Waals surface area (Å²) in [6.45, 7) is 0. The number of amides is 1. The van der Waals surface area contributed by atoms with E-state index in [-0.39, 0.29) is 11.9 Å². The number of carbonyl (C=O) groups excluding carboxylic acids is 1. The summed E-state index contributed by atoms with van der Waals surface area (Å²) in [7, 11) is 1.93. The van der Waals surface area contributed by atoms with Crippen molar-refractivity contribution < 1.29 is 4.79 Å². The Bertz CT molecular complexity index is 576. The Labute approximate surface area is 144 Å². The Morgan fingerprint density at radius 1 is 1.17 bits per heavy atom. The van der Waals surface area contributed by atoms with Gasteiger partial charge < -0.3 is 10.6 Å². The van der Waals surface area contributed by atoms with Crippen LogP contribution in [-0.4, -0.2) is 27.8 Å². The fourth-order valence-electron chi connectivity index (χ4n) is 4.94. The van der Waals surface area contributed by atoms with Gasteiger partial charge in [-0.3, -0.25) is 9.48 Å². The third-order valence-electron chi connectivity index (χ3n) is 6.35. The van der Waals surface area contributed by atoms with Gasteiger partial charge in [0.2, 0.25) is 5.91 Å². The summed E-state index contributed by atoms with van der Waals surface area (Å²) < 4.78 is 1.84. The van der Waals surface area contributed by atoms with Crippen molar-refractivity contribution in [3.63, 3.8) is 0 Å². The number of carbonyl (C=O) groups is 1. The molecular formula is C19H30N4O. The van der Waals surface area contributed by atoms with Crippen molar-refractivity contribution in [2.24, 2.45) is 13.0 Å². The third kappa shape index (κ3) is 3.23. The maximum absolute atomic E-state index is 12.7. The quantitative estimate of drug-likeness (QED) is 0.894. The number of anilines is 1. The number of hydrogen-bond donors (Lipinski definition) is 2. The molecule has 5 nitrogen and oxygen atoms in total. The molecule has 2 aliphatic carbocycles. The minimum absolute atomic E-state index is 0.0360. The molecule has 4 rings (SSSR count). The summed E-state index contributed by atoms with van der Waals surface area (Å²) >= 11 is 0. The van der Waals surface area contributed by atoms with E-state index in [0.29, 0.717) is 17.9 Å². The average molecular weight is 330 g/mol. The van der Waals surface area contributed by atoms with E-state index in [4.69, 9.17) is 0 Å². The molecular weight excluding hydrogens is 300 g/mol. The van der Waals surface area contributed by atoms with Gasteiger partial charge in [0, 0.05) is 25.1 Å². The van der Waals surface area contributed by atoms with Crippen LogP contribution in [0, 0.1) is 5.92 Å². The summed E-state index contributed by atoms with van der Waals surface area (Å²) in [4.78, 5) is 12.7. The number of aryl methyl sites for hydroxylation is 1. The van der Waals surface area contributed by atoms with E-state index in [1.165, 1.54) is 57.8 Å². The minimum atomic E-state index is -0.0360. The molecule has 0 radical (unpaired) electrons. The number of fused-ring (bicyclic) bond motifs is 1. The predicted molar refractivity (Wildman–Crippen MR) is 95.0 cm³/mol. The summed E-state index contributed by atoms with van der Waals surface area (Å²) in [5, 5.41) is 11.3. The van der Waals surface area contributed by atoms with Gasteiger partial charge >= 0.3 is 0 Å². The topological polar surface area (TPSA) is 59.0 Å². The molecule has 0 bridgehead atoms. The molecule has 1 aromatic heterocycles. The molecule has 1 saturated heterocycles. The Balaban J connectivity index is 1.39. The van der Waals surface area contributed by atoms with Crippen molar-refractivity contribution in [3.05, 3.63) is 11.8 Å². The number of nitrogens with one attached hydrogen (secondary N) is 2. The fraction of sp³-hybridized carbons (Fsp3) is 0.789. The van der Waals surface area contributed by atoms with Crippen LogP contribution >= 0.6 is 0 Å². The van der Waals surface area contributed by atoms with E-state index in [2.05, 4.69) is 21.8 Å². The van der Waals surface area contributed by atoms with E-state index in [1.54, 1.807) is 0 Å². The van der Waals surface area contributed by atoms with Gasteiger partial charge in [-0.05, 0) is 38.0 Å². The highest BCUT2D eigenvalue weighted by Crippen LogP contribution is 2.34. The zero-order chi connectivity index (χ0) is 16.5. The van der Waals surface area contributed by atoms with Crippen molar-refractivity contribution in [1.82, 2.24) is 15.1 Å². The second-order valence-electron chi connectivity index (χ2n) is 8.01. The molecule has 0 aromatic carbocycles. The number of hydrogen-bond acceptors (Lipinski definition) is 3. The van der Waals surface area contributed by atoms with E-state index in [1.807, 2.05) is 11.7 Å². The molecule has 1 aliphatic heterocycles. The maximum atomic E-state index is 12.7. The van der Waals surface area contributed by atoms with Crippen molar-refractivity contribution in [2.45, 2.75) is 82.2 Å². The zero-order valence-electron chi connectivity index (χ0n) is 14.8. The monoisotopic (exact) mass is 330 g/mol. The van der Waals surface area contributed by atoms with Gasteiger partial charge in [-0.1, -0.05) is 32.1 Å². The lowest BCUT2D eigenvalue weighted by molar-refractivity contribution is -0.117. The van der Waals surface area contributed by atoms with Crippen LogP contribution in [0.15, 0.2) is 6.07 Å². The van der Waals surface area contributed by atoms with Crippen LogP contribution in [0.2, 0.25) is 0 Å². The van der Waals surface area contributed by atoms with E-state index >= 15 is 0 Å². The van der Waals surface area contributed by atoms with E-state index in [9.17, 15) is 4.79 Å². The summed E-state index contributed by atoms with van der Waals surface area (Å²) in [5.74, 6) is 2.22. The predicted octanol–water partition coefficient (Wildman–Crippen LogP) is 3.33. The smallest absolute Gasteiger partial charge is 0.242 e. The molecule has 5 heteroatoms. The summed E-state index contributed by atoms with van der Waals surface area (Å²) in [6, 6.07) is 2.61. The van der Waals surface area contributed by atoms with Crippen molar-refractivity contribution in [1.29, 1.82) is 0 Å². The fourth-order valence-corrected chi connectivity index (χ4v) is 4.94. The Morgan fingerprint density at radius 3 is 2.71 bits per heavy atom. The lowest BCUT2D eigenvalue weighted by Gasteiger charge is -2.24. The summed E-state index contributed by atoms with van der Waals surface area (Å²) in [6.07, 6.45) is 12.5. The van der Waals surface area contributed by atoms with Gasteiger partial charge in [0.15, 0.2) is 0 Å². The standard InChI is InChI=1S/C19H30N4O/c1-23-18(12-16(22-23)13-7-3-2-4-8-13)21-19(24)17-11-14-9-5-6-10-15(14)20-17/h12-15,17,20H,2-11H2,1H3,(H,21,24). The Kier molecular flexibility index (Phi) is 4.61. The molecule has 2 N–H and O–H groups in total. The van der Waals surface area contributed by atoms with Gasteiger partial charge in [0.25, 0.3) is 0 Å². The van der Waals surface area contributed by atoms with Crippen LogP contribution in [0.1, 0.15) is 75.8 Å². The van der Waals surface area contributed by atoms with Crippen LogP contribution in [-0.2, 0) is 11.8 Å². The normalized spacial score (nSPS) is 31.0. The molecule has 3 unspecified atom stereocenters. The van der Waals surface area contributed by atoms with Crippen LogP contribution in [0.4, 0.5) is 5.82 Å². The van der Waals surface area contributed by atoms with Crippen LogP contribution in [0.5, 0.6) is 0 Å². The third-order valence-corrected chi connectivity index (χ3v) is 6.35. The van der Waals surface area contributed by atoms with Gasteiger partial charge in [-0.15, -0.1) is 0 Å². The first-order valence-corrected chi connectivity index (χ1v) is 9.81. The average Bonchev–Trinajstić information content (AvgIpc) is 3.20. The van der Waals surface area contributed by atoms with E-state index in [0.717, 1.165) is 17.9 Å². The molecule has 132 valence electrons. The maximum Gasteiger partial charge on any atom is 0.242 e. The van der Waals surface area contributed by atoms with Crippen molar-refractivity contribution in [3.8, 4) is 0 Å². The van der Waals surface area contributed by atoms with E-state index < -0.39 is 0 Å². The first-order valence-electron chi connectivity index (χ1n) is 9.81. The molecule has 24 heavy (non-hydrogen) atoms. The van der Waals surface area contributed by atoms with Gasteiger partial charge in [-0.25, -0.2) is 0 Å².